The van der Waals surface area contributed by atoms with Gasteiger partial charge in [0.25, 0.3) is 0 Å². The quantitative estimate of drug-likeness (QED) is 0.462. The third-order valence-corrected chi connectivity index (χ3v) is 2.19. The van der Waals surface area contributed by atoms with Crippen LogP contribution in [0.2, 0.25) is 0 Å². The van der Waals surface area contributed by atoms with Crippen LogP contribution in [-0.4, -0.2) is 33.4 Å². The summed E-state index contributed by atoms with van der Waals surface area (Å²) in [6, 6.07) is 4.80. The summed E-state index contributed by atoms with van der Waals surface area (Å²) in [4.78, 5) is 11.3. The average molecular weight is 239 g/mol. The highest BCUT2D eigenvalue weighted by Gasteiger charge is 2.09. The van der Waals surface area contributed by atoms with E-state index in [0.29, 0.717) is 30.2 Å². The fraction of sp³-hybridized carbons (Fsp3) is 0.417. The zero-order chi connectivity index (χ0) is 12.7. The second-order valence-electron chi connectivity index (χ2n) is 3.44. The molecule has 0 saturated heterocycles. The van der Waals surface area contributed by atoms with E-state index in [-0.39, 0.29) is 0 Å². The van der Waals surface area contributed by atoms with E-state index in [9.17, 15) is 4.79 Å². The van der Waals surface area contributed by atoms with Gasteiger partial charge >= 0.3 is 5.97 Å². The van der Waals surface area contributed by atoms with Gasteiger partial charge in [0, 0.05) is 20.1 Å². The maximum absolute atomic E-state index is 11.3. The number of carbonyl (C=O) groups is 1. The molecule has 0 aliphatic heterocycles. The number of benzene rings is 1. The van der Waals surface area contributed by atoms with Crippen LogP contribution in [-0.2, 0) is 9.47 Å². The lowest BCUT2D eigenvalue weighted by Gasteiger charge is -2.09. The molecule has 0 unspecified atom stereocenters. The van der Waals surface area contributed by atoms with Gasteiger partial charge < -0.3 is 19.9 Å². The van der Waals surface area contributed by atoms with E-state index < -0.39 is 5.97 Å². The Kier molecular flexibility index (Phi) is 5.29. The van der Waals surface area contributed by atoms with E-state index in [2.05, 4.69) is 4.74 Å². The van der Waals surface area contributed by atoms with Gasteiger partial charge in [-0.15, -0.1) is 0 Å². The number of hydrogen-bond acceptors (Lipinski definition) is 5. The summed E-state index contributed by atoms with van der Waals surface area (Å²) < 4.78 is 15.0. The molecule has 0 spiro atoms. The zero-order valence-electron chi connectivity index (χ0n) is 10.1. The Morgan fingerprint density at radius 1 is 1.29 bits per heavy atom. The molecule has 1 rings (SSSR count). The number of rotatable bonds is 6. The predicted octanol–water partition coefficient (Wildman–Crippen LogP) is 1.47. The molecule has 0 aliphatic carbocycles. The molecule has 94 valence electrons. The first-order valence-corrected chi connectivity index (χ1v) is 5.28. The van der Waals surface area contributed by atoms with Crippen molar-refractivity contribution in [3.8, 4) is 5.75 Å². The predicted molar refractivity (Wildman–Crippen MR) is 64.2 cm³/mol. The summed E-state index contributed by atoms with van der Waals surface area (Å²) in [7, 11) is 2.96. The lowest BCUT2D eigenvalue weighted by Crippen LogP contribution is -2.06. The Morgan fingerprint density at radius 3 is 2.71 bits per heavy atom. The van der Waals surface area contributed by atoms with Gasteiger partial charge in [-0.1, -0.05) is 0 Å². The Balaban J connectivity index is 2.66. The molecule has 0 amide bonds. The molecule has 0 fully saturated rings. The first-order chi connectivity index (χ1) is 8.19. The van der Waals surface area contributed by atoms with Gasteiger partial charge in [0.1, 0.15) is 5.75 Å². The van der Waals surface area contributed by atoms with Crippen molar-refractivity contribution < 1.29 is 19.0 Å². The molecule has 1 aromatic carbocycles. The van der Waals surface area contributed by atoms with Crippen LogP contribution < -0.4 is 10.5 Å². The Labute approximate surface area is 100 Å². The van der Waals surface area contributed by atoms with Gasteiger partial charge in [-0.25, -0.2) is 4.79 Å². The summed E-state index contributed by atoms with van der Waals surface area (Å²) in [5, 5.41) is 0. The fourth-order valence-corrected chi connectivity index (χ4v) is 1.29. The van der Waals surface area contributed by atoms with Gasteiger partial charge in [0.15, 0.2) is 0 Å². The highest BCUT2D eigenvalue weighted by molar-refractivity contribution is 5.90. The molecule has 5 heteroatoms. The second-order valence-corrected chi connectivity index (χ2v) is 3.44. The average Bonchev–Trinajstić information content (AvgIpc) is 2.35. The van der Waals surface area contributed by atoms with Crippen LogP contribution in [0.15, 0.2) is 18.2 Å². The van der Waals surface area contributed by atoms with Crippen LogP contribution in [0.1, 0.15) is 16.8 Å². The van der Waals surface area contributed by atoms with Gasteiger partial charge in [-0.2, -0.15) is 0 Å². The van der Waals surface area contributed by atoms with Crippen molar-refractivity contribution in [2.75, 3.05) is 33.2 Å². The lowest BCUT2D eigenvalue weighted by atomic mass is 10.2. The Morgan fingerprint density at radius 2 is 2.06 bits per heavy atom. The molecule has 0 saturated carbocycles. The zero-order valence-corrected chi connectivity index (χ0v) is 10.1. The first-order valence-electron chi connectivity index (χ1n) is 5.28. The number of methoxy groups -OCH3 is 2. The highest BCUT2D eigenvalue weighted by atomic mass is 16.5. The maximum atomic E-state index is 11.3. The number of ether oxygens (including phenoxy) is 3. The second kappa shape index (κ2) is 6.75. The van der Waals surface area contributed by atoms with Crippen LogP contribution in [0.3, 0.4) is 0 Å². The third-order valence-electron chi connectivity index (χ3n) is 2.19. The van der Waals surface area contributed by atoms with Crippen LogP contribution in [0.4, 0.5) is 5.69 Å². The van der Waals surface area contributed by atoms with Crippen molar-refractivity contribution in [1.29, 1.82) is 0 Å². The van der Waals surface area contributed by atoms with E-state index in [1.54, 1.807) is 25.3 Å². The fourth-order valence-electron chi connectivity index (χ4n) is 1.29. The molecule has 0 aliphatic rings. The molecule has 0 bridgehead atoms. The maximum Gasteiger partial charge on any atom is 0.337 e. The minimum absolute atomic E-state index is 0.410. The first kappa shape index (κ1) is 13.3. The number of nitrogen functional groups attached to an aromatic ring is 1. The summed E-state index contributed by atoms with van der Waals surface area (Å²) >= 11 is 0. The highest BCUT2D eigenvalue weighted by Crippen LogP contribution is 2.23. The summed E-state index contributed by atoms with van der Waals surface area (Å²) in [5.74, 6) is 0.0794. The van der Waals surface area contributed by atoms with E-state index in [0.717, 1.165) is 6.42 Å². The van der Waals surface area contributed by atoms with Gasteiger partial charge in [-0.3, -0.25) is 0 Å². The van der Waals surface area contributed by atoms with E-state index >= 15 is 0 Å². The molecule has 1 aromatic rings. The van der Waals surface area contributed by atoms with E-state index in [1.807, 2.05) is 0 Å². The largest absolute Gasteiger partial charge is 0.491 e. The smallest absolute Gasteiger partial charge is 0.337 e. The summed E-state index contributed by atoms with van der Waals surface area (Å²) in [6.07, 6.45) is 0.762. The SMILES string of the molecule is COCCCOc1cc(C(=O)OC)ccc1N. The van der Waals surface area contributed by atoms with Crippen molar-refractivity contribution in [2.24, 2.45) is 0 Å². The minimum atomic E-state index is -0.410. The third kappa shape index (κ3) is 3.96. The molecule has 5 nitrogen and oxygen atoms in total. The lowest BCUT2D eigenvalue weighted by molar-refractivity contribution is 0.0600. The Hall–Kier alpha value is -1.75. The van der Waals surface area contributed by atoms with Crippen molar-refractivity contribution in [3.05, 3.63) is 23.8 Å². The summed E-state index contributed by atoms with van der Waals surface area (Å²) in [5.41, 5.74) is 6.65. The minimum Gasteiger partial charge on any atom is -0.491 e. The van der Waals surface area contributed by atoms with Gasteiger partial charge in [0.2, 0.25) is 0 Å². The molecule has 0 aromatic heterocycles. The number of nitrogens with two attached hydrogens (primary N) is 1. The molecular weight excluding hydrogens is 222 g/mol. The van der Waals surface area contributed by atoms with E-state index in [1.165, 1.54) is 7.11 Å². The molecule has 0 atom stereocenters. The molecule has 0 radical (unpaired) electrons. The number of carbonyl (C=O) groups excluding carboxylic acids is 1. The number of anilines is 1. The Bertz CT molecular complexity index is 379. The number of esters is 1. The number of hydrogen-bond donors (Lipinski definition) is 1. The van der Waals surface area contributed by atoms with Crippen molar-refractivity contribution in [3.63, 3.8) is 0 Å². The van der Waals surface area contributed by atoms with Crippen LogP contribution in [0.5, 0.6) is 5.75 Å². The normalized spacial score (nSPS) is 10.0. The van der Waals surface area contributed by atoms with Crippen molar-refractivity contribution >= 4 is 11.7 Å². The van der Waals surface area contributed by atoms with Crippen LogP contribution in [0, 0.1) is 0 Å². The summed E-state index contributed by atoms with van der Waals surface area (Å²) in [6.45, 7) is 1.11. The molecule has 17 heavy (non-hydrogen) atoms. The molecular formula is C12H17NO4. The van der Waals surface area contributed by atoms with Crippen LogP contribution >= 0.6 is 0 Å². The van der Waals surface area contributed by atoms with Gasteiger partial charge in [-0.05, 0) is 18.2 Å². The molecule has 0 heterocycles. The van der Waals surface area contributed by atoms with Crippen molar-refractivity contribution in [2.45, 2.75) is 6.42 Å². The van der Waals surface area contributed by atoms with Gasteiger partial charge in [0.05, 0.1) is 25.0 Å². The standard InChI is InChI=1S/C12H17NO4/c1-15-6-3-7-17-11-8-9(12(14)16-2)4-5-10(11)13/h4-5,8H,3,6-7,13H2,1-2H3. The van der Waals surface area contributed by atoms with Crippen molar-refractivity contribution in [1.82, 2.24) is 0 Å². The topological polar surface area (TPSA) is 70.8 Å². The molecule has 2 N–H and O–H groups in total. The van der Waals surface area contributed by atoms with Crippen LogP contribution in [0.25, 0.3) is 0 Å². The monoisotopic (exact) mass is 239 g/mol. The van der Waals surface area contributed by atoms with E-state index in [4.69, 9.17) is 15.2 Å².